The third-order valence-electron chi connectivity index (χ3n) is 3.71. The molecule has 9 heteroatoms. The summed E-state index contributed by atoms with van der Waals surface area (Å²) in [5.74, 6) is 0.0285. The van der Waals surface area contributed by atoms with Gasteiger partial charge in [-0.15, -0.1) is 0 Å². The quantitative estimate of drug-likeness (QED) is 0.607. The Kier molecular flexibility index (Phi) is 3.81. The average Bonchev–Trinajstić information content (AvgIpc) is 3.17. The second-order valence-corrected chi connectivity index (χ2v) is 5.91. The van der Waals surface area contributed by atoms with Crippen LogP contribution in [0.1, 0.15) is 5.56 Å². The SMILES string of the molecule is Cn1cc(Nc2ncc3cnn(Cc4c(F)cccc4Cl)c3n2)cn1. The zero-order valence-corrected chi connectivity index (χ0v) is 13.9. The average molecular weight is 358 g/mol. The molecule has 0 spiro atoms. The van der Waals surface area contributed by atoms with Crippen molar-refractivity contribution in [3.8, 4) is 0 Å². The lowest BCUT2D eigenvalue weighted by Crippen LogP contribution is -2.06. The molecular formula is C16H13ClFN7. The first-order valence-electron chi connectivity index (χ1n) is 7.47. The molecule has 0 bridgehead atoms. The van der Waals surface area contributed by atoms with Crippen molar-refractivity contribution in [1.82, 2.24) is 29.5 Å². The van der Waals surface area contributed by atoms with Gasteiger partial charge in [0.25, 0.3) is 0 Å². The van der Waals surface area contributed by atoms with Crippen LogP contribution in [0.25, 0.3) is 11.0 Å². The highest BCUT2D eigenvalue weighted by Crippen LogP contribution is 2.22. The number of hydrogen-bond acceptors (Lipinski definition) is 5. The monoisotopic (exact) mass is 357 g/mol. The smallest absolute Gasteiger partial charge is 0.229 e. The van der Waals surface area contributed by atoms with Gasteiger partial charge in [0.05, 0.1) is 30.0 Å². The van der Waals surface area contributed by atoms with E-state index < -0.39 is 0 Å². The maximum atomic E-state index is 14.0. The van der Waals surface area contributed by atoms with E-state index >= 15 is 0 Å². The lowest BCUT2D eigenvalue weighted by Gasteiger charge is -2.07. The summed E-state index contributed by atoms with van der Waals surface area (Å²) in [7, 11) is 1.82. The number of aryl methyl sites for hydroxylation is 1. The Morgan fingerprint density at radius 1 is 1.20 bits per heavy atom. The molecule has 0 aliphatic carbocycles. The van der Waals surface area contributed by atoms with Gasteiger partial charge in [0.1, 0.15) is 5.82 Å². The summed E-state index contributed by atoms with van der Waals surface area (Å²) in [6.45, 7) is 0.179. The summed E-state index contributed by atoms with van der Waals surface area (Å²) in [4.78, 5) is 8.73. The summed E-state index contributed by atoms with van der Waals surface area (Å²) < 4.78 is 17.3. The predicted molar refractivity (Wildman–Crippen MR) is 92.3 cm³/mol. The van der Waals surface area contributed by atoms with Crippen LogP contribution in [0.2, 0.25) is 5.02 Å². The van der Waals surface area contributed by atoms with Gasteiger partial charge in [-0.25, -0.2) is 14.1 Å². The number of hydrogen-bond donors (Lipinski definition) is 1. The van der Waals surface area contributed by atoms with Crippen molar-refractivity contribution >= 4 is 34.3 Å². The lowest BCUT2D eigenvalue weighted by atomic mass is 10.2. The Balaban J connectivity index is 1.69. The summed E-state index contributed by atoms with van der Waals surface area (Å²) in [5, 5.41) is 12.5. The molecule has 4 rings (SSSR count). The van der Waals surface area contributed by atoms with Crippen molar-refractivity contribution < 1.29 is 4.39 Å². The van der Waals surface area contributed by atoms with E-state index in [0.717, 1.165) is 11.1 Å². The Morgan fingerprint density at radius 3 is 2.84 bits per heavy atom. The summed E-state index contributed by atoms with van der Waals surface area (Å²) in [6.07, 6.45) is 6.78. The second-order valence-electron chi connectivity index (χ2n) is 5.50. The molecule has 0 fully saturated rings. The first-order valence-corrected chi connectivity index (χ1v) is 7.85. The normalized spacial score (nSPS) is 11.2. The number of rotatable bonds is 4. The van der Waals surface area contributed by atoms with Crippen LogP contribution in [0.4, 0.5) is 16.0 Å². The standard InChI is InChI=1S/C16H13ClFN7/c1-24-8-11(7-20-24)22-16-19-5-10-6-21-25(15(10)23-16)9-12-13(17)3-2-4-14(12)18/h2-8H,9H2,1H3,(H,19,22,23). The van der Waals surface area contributed by atoms with Crippen LogP contribution in [0, 0.1) is 5.82 Å². The first-order chi connectivity index (χ1) is 12.1. The van der Waals surface area contributed by atoms with Crippen LogP contribution in [0.5, 0.6) is 0 Å². The minimum absolute atomic E-state index is 0.179. The van der Waals surface area contributed by atoms with E-state index in [0.29, 0.717) is 22.2 Å². The molecule has 1 aromatic carbocycles. The molecule has 0 amide bonds. The summed E-state index contributed by atoms with van der Waals surface area (Å²) in [6, 6.07) is 4.59. The van der Waals surface area contributed by atoms with Gasteiger partial charge < -0.3 is 5.32 Å². The molecule has 4 aromatic rings. The van der Waals surface area contributed by atoms with Gasteiger partial charge >= 0.3 is 0 Å². The fourth-order valence-electron chi connectivity index (χ4n) is 2.49. The van der Waals surface area contributed by atoms with E-state index in [9.17, 15) is 4.39 Å². The third-order valence-corrected chi connectivity index (χ3v) is 4.06. The highest BCUT2D eigenvalue weighted by molar-refractivity contribution is 6.31. The molecule has 3 heterocycles. The van der Waals surface area contributed by atoms with Crippen molar-refractivity contribution in [2.24, 2.45) is 7.05 Å². The Morgan fingerprint density at radius 2 is 2.08 bits per heavy atom. The van der Waals surface area contributed by atoms with Crippen LogP contribution in [0.15, 0.2) is 43.0 Å². The fraction of sp³-hybridized carbons (Fsp3) is 0.125. The molecular weight excluding hydrogens is 345 g/mol. The minimum atomic E-state index is -0.376. The lowest BCUT2D eigenvalue weighted by molar-refractivity contribution is 0.589. The van der Waals surface area contributed by atoms with Crippen molar-refractivity contribution in [2.75, 3.05) is 5.32 Å². The molecule has 25 heavy (non-hydrogen) atoms. The van der Waals surface area contributed by atoms with Crippen LogP contribution in [0.3, 0.4) is 0 Å². The fourth-order valence-corrected chi connectivity index (χ4v) is 2.71. The number of nitrogens with zero attached hydrogens (tertiary/aromatic N) is 6. The number of anilines is 2. The van der Waals surface area contributed by atoms with Gasteiger partial charge in [0.2, 0.25) is 5.95 Å². The van der Waals surface area contributed by atoms with E-state index in [1.807, 2.05) is 13.2 Å². The van der Waals surface area contributed by atoms with Gasteiger partial charge in [0.15, 0.2) is 5.65 Å². The van der Waals surface area contributed by atoms with E-state index in [1.54, 1.807) is 40.1 Å². The number of fused-ring (bicyclic) bond motifs is 1. The van der Waals surface area contributed by atoms with Crippen LogP contribution < -0.4 is 5.32 Å². The Bertz CT molecular complexity index is 1040. The zero-order valence-electron chi connectivity index (χ0n) is 13.2. The van der Waals surface area contributed by atoms with Crippen molar-refractivity contribution in [3.05, 3.63) is 59.4 Å². The molecule has 0 unspecified atom stereocenters. The third kappa shape index (κ3) is 3.03. The number of halogens is 2. The summed E-state index contributed by atoms with van der Waals surface area (Å²) in [5.41, 5.74) is 1.72. The van der Waals surface area contributed by atoms with Crippen molar-refractivity contribution in [1.29, 1.82) is 0 Å². The van der Waals surface area contributed by atoms with Gasteiger partial charge in [-0.05, 0) is 12.1 Å². The summed E-state index contributed by atoms with van der Waals surface area (Å²) >= 11 is 6.10. The van der Waals surface area contributed by atoms with Crippen LogP contribution in [-0.2, 0) is 13.6 Å². The highest BCUT2D eigenvalue weighted by Gasteiger charge is 2.12. The molecule has 0 radical (unpaired) electrons. The molecule has 0 aliphatic rings. The van der Waals surface area contributed by atoms with E-state index in [4.69, 9.17) is 11.6 Å². The van der Waals surface area contributed by atoms with E-state index in [-0.39, 0.29) is 12.4 Å². The first kappa shape index (κ1) is 15.5. The topological polar surface area (TPSA) is 73.5 Å². The predicted octanol–water partition coefficient (Wildman–Crippen LogP) is 3.14. The number of benzene rings is 1. The largest absolute Gasteiger partial charge is 0.321 e. The molecule has 0 saturated heterocycles. The highest BCUT2D eigenvalue weighted by atomic mass is 35.5. The molecule has 7 nitrogen and oxygen atoms in total. The van der Waals surface area contributed by atoms with Gasteiger partial charge in [-0.1, -0.05) is 17.7 Å². The second kappa shape index (κ2) is 6.14. The molecule has 0 saturated carbocycles. The minimum Gasteiger partial charge on any atom is -0.321 e. The maximum Gasteiger partial charge on any atom is 0.229 e. The van der Waals surface area contributed by atoms with E-state index in [2.05, 4.69) is 25.5 Å². The molecule has 1 N–H and O–H groups in total. The molecule has 126 valence electrons. The molecule has 0 aliphatic heterocycles. The van der Waals surface area contributed by atoms with Gasteiger partial charge in [0, 0.05) is 30.0 Å². The van der Waals surface area contributed by atoms with Gasteiger partial charge in [-0.2, -0.15) is 15.2 Å². The molecule has 3 aromatic heterocycles. The Labute approximate surface area is 147 Å². The van der Waals surface area contributed by atoms with Gasteiger partial charge in [-0.3, -0.25) is 4.68 Å². The van der Waals surface area contributed by atoms with E-state index in [1.165, 1.54) is 6.07 Å². The van der Waals surface area contributed by atoms with Crippen LogP contribution in [-0.4, -0.2) is 29.5 Å². The number of nitrogens with one attached hydrogen (secondary N) is 1. The van der Waals surface area contributed by atoms with Crippen LogP contribution >= 0.6 is 11.6 Å². The van der Waals surface area contributed by atoms with Crippen molar-refractivity contribution in [2.45, 2.75) is 6.54 Å². The maximum absolute atomic E-state index is 14.0. The number of aromatic nitrogens is 6. The zero-order chi connectivity index (χ0) is 17.4. The Hall–Kier alpha value is -3.00. The van der Waals surface area contributed by atoms with Crippen molar-refractivity contribution in [3.63, 3.8) is 0 Å². The molecule has 0 atom stereocenters.